The molecule has 0 spiro atoms. The highest BCUT2D eigenvalue weighted by molar-refractivity contribution is 6.24. The van der Waals surface area contributed by atoms with E-state index >= 15 is 0 Å². The Hall–Kier alpha value is -8.66. The number of aromatic nitrogens is 2. The molecule has 3 aromatic heterocycles. The van der Waals surface area contributed by atoms with Gasteiger partial charge in [0.25, 0.3) is 0 Å². The van der Waals surface area contributed by atoms with Gasteiger partial charge in [-0.15, -0.1) is 0 Å². The molecule has 0 fully saturated rings. The van der Waals surface area contributed by atoms with Crippen molar-refractivity contribution in [1.82, 2.24) is 9.13 Å². The van der Waals surface area contributed by atoms with Crippen molar-refractivity contribution < 1.29 is 4.42 Å². The molecule has 67 heavy (non-hydrogen) atoms. The fourth-order valence-corrected chi connectivity index (χ4v) is 12.0. The number of fused-ring (bicyclic) bond motifs is 13. The predicted octanol–water partition coefficient (Wildman–Crippen LogP) is 17.5. The van der Waals surface area contributed by atoms with Gasteiger partial charge in [0.2, 0.25) is 0 Å². The lowest BCUT2D eigenvalue weighted by Gasteiger charge is -2.25. The normalized spacial score (nSPS) is 12.9. The fraction of sp³-hybridized carbons (Fsp3) is 0.0312. The molecule has 0 radical (unpaired) electrons. The van der Waals surface area contributed by atoms with Crippen LogP contribution in [0.2, 0.25) is 0 Å². The van der Waals surface area contributed by atoms with Crippen LogP contribution in [0.5, 0.6) is 0 Å². The molecule has 0 amide bonds. The molecule has 15 rings (SSSR count). The number of hydrogen-bond acceptors (Lipinski definition) is 1. The van der Waals surface area contributed by atoms with Gasteiger partial charge < -0.3 is 13.6 Å². The lowest BCUT2D eigenvalue weighted by molar-refractivity contribution is 0.670. The molecule has 1 aliphatic carbocycles. The molecular weight excluding hydrogens is 813 g/mol. The minimum atomic E-state index is 0.886. The molecule has 1 aliphatic rings. The summed E-state index contributed by atoms with van der Waals surface area (Å²) in [6, 6.07) is 75.8. The Morgan fingerprint density at radius 1 is 0.358 bits per heavy atom. The van der Waals surface area contributed by atoms with Crippen molar-refractivity contribution in [3.63, 3.8) is 0 Å². The largest absolute Gasteiger partial charge is 0.455 e. The van der Waals surface area contributed by atoms with Gasteiger partial charge in [-0.25, -0.2) is 0 Å². The van der Waals surface area contributed by atoms with Gasteiger partial charge in [-0.2, -0.15) is 0 Å². The molecule has 3 nitrogen and oxygen atoms in total. The van der Waals surface area contributed by atoms with Crippen molar-refractivity contribution in [2.45, 2.75) is 12.8 Å². The summed E-state index contributed by atoms with van der Waals surface area (Å²) < 4.78 is 12.1. The third-order valence-corrected chi connectivity index (χ3v) is 14.7. The Balaban J connectivity index is 0.972. The van der Waals surface area contributed by atoms with Gasteiger partial charge in [-0.3, -0.25) is 0 Å². The summed E-state index contributed by atoms with van der Waals surface area (Å²) in [5, 5.41) is 14.6. The maximum absolute atomic E-state index is 7.07. The van der Waals surface area contributed by atoms with Crippen LogP contribution in [0.1, 0.15) is 17.5 Å². The Kier molecular flexibility index (Phi) is 7.62. The lowest BCUT2D eigenvalue weighted by Crippen LogP contribution is -2.07. The molecule has 0 saturated heterocycles. The molecular formula is C64H40N2O. The van der Waals surface area contributed by atoms with Gasteiger partial charge in [0.15, 0.2) is 0 Å². The van der Waals surface area contributed by atoms with Crippen molar-refractivity contribution in [3.8, 4) is 33.6 Å². The summed E-state index contributed by atoms with van der Waals surface area (Å²) in [7, 11) is 0. The topological polar surface area (TPSA) is 23.0 Å². The van der Waals surface area contributed by atoms with Crippen molar-refractivity contribution in [1.29, 1.82) is 0 Å². The molecule has 3 heteroatoms. The van der Waals surface area contributed by atoms with E-state index in [9.17, 15) is 0 Å². The minimum absolute atomic E-state index is 0.886. The number of nitrogens with zero attached hydrogens (tertiary/aromatic N) is 2. The zero-order valence-electron chi connectivity index (χ0n) is 36.5. The third kappa shape index (κ3) is 5.06. The smallest absolute Gasteiger partial charge is 0.143 e. The van der Waals surface area contributed by atoms with Gasteiger partial charge in [0.1, 0.15) is 11.2 Å². The second-order valence-electron chi connectivity index (χ2n) is 18.2. The first kappa shape index (κ1) is 36.7. The van der Waals surface area contributed by atoms with Crippen LogP contribution >= 0.6 is 0 Å². The van der Waals surface area contributed by atoms with E-state index in [-0.39, 0.29) is 0 Å². The molecule has 0 aliphatic heterocycles. The zero-order valence-corrected chi connectivity index (χ0v) is 36.5. The summed E-state index contributed by atoms with van der Waals surface area (Å²) in [6.07, 6.45) is 6.71. The van der Waals surface area contributed by atoms with Crippen LogP contribution in [0.25, 0.3) is 138 Å². The fourth-order valence-electron chi connectivity index (χ4n) is 12.0. The molecule has 0 N–H and O–H groups in total. The highest BCUT2D eigenvalue weighted by Gasteiger charge is 2.26. The molecule has 0 saturated carbocycles. The molecule has 3 heterocycles. The van der Waals surface area contributed by atoms with Crippen molar-refractivity contribution in [3.05, 3.63) is 223 Å². The second-order valence-corrected chi connectivity index (χ2v) is 18.2. The van der Waals surface area contributed by atoms with Crippen LogP contribution in [0, 0.1) is 0 Å². The molecule has 14 aromatic rings. The summed E-state index contributed by atoms with van der Waals surface area (Å²) in [5.41, 5.74) is 16.6. The number of para-hydroxylation sites is 5. The first-order chi connectivity index (χ1) is 33.3. The highest BCUT2D eigenvalue weighted by atomic mass is 16.3. The van der Waals surface area contributed by atoms with E-state index in [1.54, 1.807) is 0 Å². The summed E-state index contributed by atoms with van der Waals surface area (Å²) in [6.45, 7) is 0. The Morgan fingerprint density at radius 3 is 1.36 bits per heavy atom. The van der Waals surface area contributed by atoms with Crippen molar-refractivity contribution in [2.75, 3.05) is 0 Å². The first-order valence-corrected chi connectivity index (χ1v) is 23.4. The van der Waals surface area contributed by atoms with Crippen LogP contribution in [0.3, 0.4) is 0 Å². The highest BCUT2D eigenvalue weighted by Crippen LogP contribution is 2.49. The maximum Gasteiger partial charge on any atom is 0.143 e. The number of benzene rings is 11. The van der Waals surface area contributed by atoms with E-state index in [1.165, 1.54) is 115 Å². The summed E-state index contributed by atoms with van der Waals surface area (Å²) in [4.78, 5) is 0. The molecule has 0 unspecified atom stereocenters. The Labute approximate surface area is 385 Å². The van der Waals surface area contributed by atoms with Crippen LogP contribution in [0.4, 0.5) is 0 Å². The molecule has 0 bridgehead atoms. The van der Waals surface area contributed by atoms with E-state index in [1.807, 2.05) is 0 Å². The van der Waals surface area contributed by atoms with E-state index in [0.29, 0.717) is 0 Å². The van der Waals surface area contributed by atoms with E-state index in [2.05, 4.69) is 228 Å². The van der Waals surface area contributed by atoms with Crippen molar-refractivity contribution in [2.24, 2.45) is 0 Å². The van der Waals surface area contributed by atoms with Crippen LogP contribution in [-0.2, 0) is 6.42 Å². The lowest BCUT2D eigenvalue weighted by atomic mass is 9.83. The van der Waals surface area contributed by atoms with Crippen LogP contribution in [0.15, 0.2) is 217 Å². The first-order valence-electron chi connectivity index (χ1n) is 23.4. The monoisotopic (exact) mass is 852 g/mol. The molecule has 11 aromatic carbocycles. The number of hydrogen-bond donors (Lipinski definition) is 0. The second kappa shape index (κ2) is 13.9. The average Bonchev–Trinajstić information content (AvgIpc) is 4.05. The average molecular weight is 853 g/mol. The van der Waals surface area contributed by atoms with Gasteiger partial charge in [-0.05, 0) is 87.7 Å². The van der Waals surface area contributed by atoms with E-state index in [0.717, 1.165) is 40.3 Å². The minimum Gasteiger partial charge on any atom is -0.455 e. The van der Waals surface area contributed by atoms with Crippen molar-refractivity contribution >= 4 is 104 Å². The summed E-state index contributed by atoms with van der Waals surface area (Å²) >= 11 is 0. The maximum atomic E-state index is 7.07. The number of rotatable bonds is 4. The standard InChI is InChI=1S/C64H40N2O/c1-5-26-48-44(22-1)60(45-23-2-6-27-49(45)62(48)65-55-32-13-9-18-40(55)41-19-10-14-33-56(41)65)39-36-37-59-54(38-39)52-30-17-31-53(64(52)67-59)61-46-24-3-7-28-50(46)63(51-29-8-4-25-47(51)61)66-57-34-15-11-20-42(57)43-21-12-16-35-58(43)66/h1-5,7-26,28-38H,6,27H2. The number of furan rings is 1. The predicted molar refractivity (Wildman–Crippen MR) is 283 cm³/mol. The SMILES string of the molecule is C1=Cc2c(c(-n3c4ccccc4c4ccccc43)c3ccccc3c2-c2ccc3oc4c(-c5c6ccccc6c(-n6c7ccccc7c7ccccc76)c6ccccc56)cccc4c3c2)CC1. The Bertz CT molecular complexity index is 4290. The molecule has 0 atom stereocenters. The molecule has 312 valence electrons. The summed E-state index contributed by atoms with van der Waals surface area (Å²) in [5.74, 6) is 0. The van der Waals surface area contributed by atoms with Crippen LogP contribution in [-0.4, -0.2) is 9.13 Å². The van der Waals surface area contributed by atoms with Gasteiger partial charge >= 0.3 is 0 Å². The van der Waals surface area contributed by atoms with Gasteiger partial charge in [0, 0.05) is 59.6 Å². The zero-order chi connectivity index (χ0) is 43.7. The quantitative estimate of drug-likeness (QED) is 0.162. The van der Waals surface area contributed by atoms with E-state index in [4.69, 9.17) is 4.42 Å². The van der Waals surface area contributed by atoms with E-state index < -0.39 is 0 Å². The van der Waals surface area contributed by atoms with Gasteiger partial charge in [-0.1, -0.05) is 182 Å². The van der Waals surface area contributed by atoms with Crippen LogP contribution < -0.4 is 0 Å². The number of allylic oxidation sites excluding steroid dienone is 1. The third-order valence-electron chi connectivity index (χ3n) is 14.7. The Morgan fingerprint density at radius 2 is 0.806 bits per heavy atom. The van der Waals surface area contributed by atoms with Gasteiger partial charge in [0.05, 0.1) is 33.4 Å².